The SMILES string of the molecule is CCCCCCCCCc1cccc[c]1[Na].O=S(=O)(O)O. The molecule has 21 heavy (non-hydrogen) atoms. The van der Waals surface area contributed by atoms with Crippen molar-refractivity contribution in [1.82, 2.24) is 0 Å². The van der Waals surface area contributed by atoms with Gasteiger partial charge in [0.05, 0.1) is 0 Å². The molecule has 0 unspecified atom stereocenters. The maximum absolute atomic E-state index is 8.74. The summed E-state index contributed by atoms with van der Waals surface area (Å²) in [6.07, 6.45) is 11.2. The Morgan fingerprint density at radius 1 is 0.952 bits per heavy atom. The molecule has 0 spiro atoms. The number of benzene rings is 1. The van der Waals surface area contributed by atoms with Crippen LogP contribution in [0.5, 0.6) is 0 Å². The summed E-state index contributed by atoms with van der Waals surface area (Å²) in [5.41, 5.74) is 1.60. The van der Waals surface area contributed by atoms with E-state index in [0.717, 1.165) is 0 Å². The molecule has 1 aromatic rings. The molecule has 0 amide bonds. The van der Waals surface area contributed by atoms with Crippen molar-refractivity contribution >= 4 is 41.1 Å². The first-order valence-corrected chi connectivity index (χ1v) is 9.98. The summed E-state index contributed by atoms with van der Waals surface area (Å²) in [7, 11) is -4.67. The van der Waals surface area contributed by atoms with Crippen molar-refractivity contribution in [3.63, 3.8) is 0 Å². The third-order valence-electron chi connectivity index (χ3n) is 3.31. The van der Waals surface area contributed by atoms with Crippen LogP contribution in [-0.4, -0.2) is 45.5 Å². The molecule has 0 fully saturated rings. The fourth-order valence-corrected chi connectivity index (χ4v) is 2.77. The molecule has 0 saturated carbocycles. The minimum Gasteiger partial charge on any atom is -0.264 e. The molecular formula is C15H25NaO4S. The zero-order chi connectivity index (χ0) is 16.1. The second-order valence-corrected chi connectivity index (χ2v) is 7.22. The van der Waals surface area contributed by atoms with Crippen molar-refractivity contribution in [3.05, 3.63) is 29.8 Å². The van der Waals surface area contributed by atoms with Gasteiger partial charge in [-0.05, 0) is 0 Å². The number of unbranched alkanes of at least 4 members (excludes halogenated alkanes) is 6. The molecule has 0 saturated heterocycles. The van der Waals surface area contributed by atoms with Gasteiger partial charge in [-0.3, -0.25) is 9.11 Å². The summed E-state index contributed by atoms with van der Waals surface area (Å²) in [6.45, 7) is 2.28. The second kappa shape index (κ2) is 12.6. The molecule has 1 aromatic carbocycles. The minimum atomic E-state index is -4.67. The van der Waals surface area contributed by atoms with Crippen LogP contribution >= 0.6 is 0 Å². The summed E-state index contributed by atoms with van der Waals surface area (Å²) >= 11 is 1.20. The summed E-state index contributed by atoms with van der Waals surface area (Å²) in [5, 5.41) is 0. The van der Waals surface area contributed by atoms with E-state index in [2.05, 4.69) is 31.2 Å². The van der Waals surface area contributed by atoms with Gasteiger partial charge < -0.3 is 0 Å². The molecule has 2 N–H and O–H groups in total. The fraction of sp³-hybridized carbons (Fsp3) is 0.600. The molecule has 0 aliphatic rings. The Balaban J connectivity index is 0.000000690. The predicted octanol–water partition coefficient (Wildman–Crippen LogP) is 3.12. The van der Waals surface area contributed by atoms with Crippen LogP contribution < -0.4 is 2.81 Å². The molecule has 0 heterocycles. The van der Waals surface area contributed by atoms with Crippen LogP contribution in [0.25, 0.3) is 0 Å². The van der Waals surface area contributed by atoms with Crippen molar-refractivity contribution in [3.8, 4) is 0 Å². The van der Waals surface area contributed by atoms with Crippen molar-refractivity contribution in [2.75, 3.05) is 0 Å². The molecule has 4 nitrogen and oxygen atoms in total. The summed E-state index contributed by atoms with van der Waals surface area (Å²) in [5.74, 6) is 0. The zero-order valence-electron chi connectivity index (χ0n) is 13.1. The Morgan fingerprint density at radius 2 is 1.43 bits per heavy atom. The van der Waals surface area contributed by atoms with E-state index < -0.39 is 10.4 Å². The van der Waals surface area contributed by atoms with E-state index in [4.69, 9.17) is 17.5 Å². The van der Waals surface area contributed by atoms with Gasteiger partial charge in [0.1, 0.15) is 0 Å². The van der Waals surface area contributed by atoms with E-state index in [0.29, 0.717) is 0 Å². The first kappa shape index (κ1) is 21.1. The van der Waals surface area contributed by atoms with Gasteiger partial charge in [0, 0.05) is 0 Å². The fourth-order valence-electron chi connectivity index (χ4n) is 2.16. The Labute approximate surface area is 146 Å². The monoisotopic (exact) mass is 324 g/mol. The van der Waals surface area contributed by atoms with Crippen LogP contribution in [-0.2, 0) is 16.8 Å². The van der Waals surface area contributed by atoms with Gasteiger partial charge in [-0.15, -0.1) is 0 Å². The van der Waals surface area contributed by atoms with Gasteiger partial charge in [-0.25, -0.2) is 0 Å². The Bertz CT molecular complexity index is 466. The average Bonchev–Trinajstić information content (AvgIpc) is 2.38. The molecule has 1 rings (SSSR count). The van der Waals surface area contributed by atoms with Gasteiger partial charge >= 0.3 is 129 Å². The van der Waals surface area contributed by atoms with E-state index >= 15 is 0 Å². The normalized spacial score (nSPS) is 10.9. The molecule has 116 valence electrons. The second-order valence-electron chi connectivity index (χ2n) is 5.25. The topological polar surface area (TPSA) is 74.6 Å². The van der Waals surface area contributed by atoms with Crippen LogP contribution in [0, 0.1) is 0 Å². The quantitative estimate of drug-likeness (QED) is 0.438. The molecular weight excluding hydrogens is 299 g/mol. The maximum Gasteiger partial charge on any atom is 0.394 e. The van der Waals surface area contributed by atoms with Crippen LogP contribution in [0.3, 0.4) is 0 Å². The first-order chi connectivity index (χ1) is 9.84. The van der Waals surface area contributed by atoms with Gasteiger partial charge in [0.15, 0.2) is 0 Å². The molecule has 0 aliphatic carbocycles. The summed E-state index contributed by atoms with van der Waals surface area (Å²) in [6, 6.07) is 8.93. The Kier molecular flexibility index (Phi) is 12.7. The van der Waals surface area contributed by atoms with Crippen molar-refractivity contribution in [1.29, 1.82) is 0 Å². The van der Waals surface area contributed by atoms with E-state index in [1.807, 2.05) is 0 Å². The third kappa shape index (κ3) is 16.3. The van der Waals surface area contributed by atoms with Gasteiger partial charge in [0.2, 0.25) is 0 Å². The third-order valence-corrected chi connectivity index (χ3v) is 4.29. The van der Waals surface area contributed by atoms with Crippen molar-refractivity contribution in [2.24, 2.45) is 0 Å². The maximum atomic E-state index is 8.74. The number of rotatable bonds is 8. The molecule has 0 aliphatic heterocycles. The van der Waals surface area contributed by atoms with Crippen LogP contribution in [0.15, 0.2) is 24.3 Å². The van der Waals surface area contributed by atoms with E-state index in [9.17, 15) is 0 Å². The van der Waals surface area contributed by atoms with Gasteiger partial charge in [0.25, 0.3) is 0 Å². The predicted molar refractivity (Wildman–Crippen MR) is 87.7 cm³/mol. The molecule has 0 aromatic heterocycles. The van der Waals surface area contributed by atoms with Crippen LogP contribution in [0.2, 0.25) is 0 Å². The van der Waals surface area contributed by atoms with Crippen LogP contribution in [0.1, 0.15) is 57.4 Å². The van der Waals surface area contributed by atoms with E-state index in [-0.39, 0.29) is 0 Å². The van der Waals surface area contributed by atoms with Crippen molar-refractivity contribution in [2.45, 2.75) is 58.3 Å². The molecule has 0 bridgehead atoms. The van der Waals surface area contributed by atoms with Crippen molar-refractivity contribution < 1.29 is 17.5 Å². The molecule has 0 atom stereocenters. The minimum absolute atomic E-state index is 1.20. The van der Waals surface area contributed by atoms with Crippen LogP contribution in [0.4, 0.5) is 0 Å². The Hall–Kier alpha value is 0.0900. The smallest absolute Gasteiger partial charge is 0.264 e. The number of hydrogen-bond donors (Lipinski definition) is 2. The average molecular weight is 324 g/mol. The van der Waals surface area contributed by atoms with Gasteiger partial charge in [-0.2, -0.15) is 8.42 Å². The summed E-state index contributed by atoms with van der Waals surface area (Å²) in [4.78, 5) is 0. The summed E-state index contributed by atoms with van der Waals surface area (Å²) < 4.78 is 33.2. The molecule has 6 heteroatoms. The molecule has 0 radical (unpaired) electrons. The van der Waals surface area contributed by atoms with E-state index in [1.54, 1.807) is 8.38 Å². The number of aryl methyl sites for hydroxylation is 1. The Morgan fingerprint density at radius 3 is 1.95 bits per heavy atom. The van der Waals surface area contributed by atoms with Gasteiger partial charge in [-0.1, -0.05) is 0 Å². The van der Waals surface area contributed by atoms with E-state index in [1.165, 1.54) is 79.3 Å². The largest absolute Gasteiger partial charge is 0.394 e. The number of hydrogen-bond acceptors (Lipinski definition) is 2. The first-order valence-electron chi connectivity index (χ1n) is 7.59. The standard InChI is InChI=1S/C15H23.Na.H2O4S/c1-2-3-4-5-6-7-9-12-15-13-10-8-11-14-15;;1-5(2,3)4/h8,10-11,13H,2-7,9,12H2,1H3;;(H2,1,2,3,4). The zero-order valence-corrected chi connectivity index (χ0v) is 15.9.